The van der Waals surface area contributed by atoms with Gasteiger partial charge in [0.2, 0.25) is 0 Å². The molecule has 21 heavy (non-hydrogen) atoms. The van der Waals surface area contributed by atoms with Gasteiger partial charge in [-0.1, -0.05) is 25.8 Å². The molecular formula is C13H22O7S. The van der Waals surface area contributed by atoms with Crippen molar-refractivity contribution in [3.63, 3.8) is 0 Å². The van der Waals surface area contributed by atoms with Crippen LogP contribution in [0.5, 0.6) is 0 Å². The predicted molar refractivity (Wildman–Crippen MR) is 76.2 cm³/mol. The van der Waals surface area contributed by atoms with Gasteiger partial charge >= 0.3 is 11.9 Å². The third-order valence-corrected chi connectivity index (χ3v) is 3.24. The minimum atomic E-state index is -4.17. The van der Waals surface area contributed by atoms with Crippen molar-refractivity contribution in [2.45, 2.75) is 33.1 Å². The van der Waals surface area contributed by atoms with Crippen LogP contribution in [0.3, 0.4) is 0 Å². The molecule has 0 aliphatic heterocycles. The second-order valence-electron chi connectivity index (χ2n) is 4.42. The van der Waals surface area contributed by atoms with E-state index in [1.54, 1.807) is 6.92 Å². The Morgan fingerprint density at radius 3 is 2.48 bits per heavy atom. The predicted octanol–water partition coefficient (Wildman–Crippen LogP) is 1.34. The minimum Gasteiger partial charge on any atom is -0.464 e. The highest BCUT2D eigenvalue weighted by atomic mass is 32.2. The summed E-state index contributed by atoms with van der Waals surface area (Å²) in [5.74, 6) is -2.48. The number of carbonyl (C=O) groups excluding carboxylic acids is 2. The number of rotatable bonds is 10. The first kappa shape index (κ1) is 19.6. The van der Waals surface area contributed by atoms with E-state index in [0.29, 0.717) is 6.42 Å². The number of esters is 2. The van der Waals surface area contributed by atoms with Crippen LogP contribution in [-0.4, -0.2) is 43.9 Å². The van der Waals surface area contributed by atoms with Crippen molar-refractivity contribution in [3.8, 4) is 0 Å². The van der Waals surface area contributed by atoms with E-state index in [1.165, 1.54) is 12.2 Å². The molecule has 8 heteroatoms. The molecule has 0 rings (SSSR count). The van der Waals surface area contributed by atoms with Gasteiger partial charge in [0.15, 0.2) is 0 Å². The monoisotopic (exact) mass is 322 g/mol. The van der Waals surface area contributed by atoms with Crippen LogP contribution in [0.1, 0.15) is 33.1 Å². The highest BCUT2D eigenvalue weighted by Crippen LogP contribution is 2.12. The van der Waals surface area contributed by atoms with Gasteiger partial charge in [-0.25, -0.2) is 4.79 Å². The molecule has 0 radical (unpaired) electrons. The van der Waals surface area contributed by atoms with Gasteiger partial charge in [0.05, 0.1) is 5.92 Å². The zero-order chi connectivity index (χ0) is 16.3. The molecule has 0 aromatic carbocycles. The van der Waals surface area contributed by atoms with Gasteiger partial charge < -0.3 is 9.47 Å². The summed E-state index contributed by atoms with van der Waals surface area (Å²) in [6.45, 7) is 3.07. The highest BCUT2D eigenvalue weighted by molar-refractivity contribution is 7.85. The Labute approximate surface area is 125 Å². The molecule has 7 nitrogen and oxygen atoms in total. The minimum absolute atomic E-state index is 0.117. The van der Waals surface area contributed by atoms with E-state index in [-0.39, 0.29) is 6.61 Å². The van der Waals surface area contributed by atoms with E-state index in [0.717, 1.165) is 12.8 Å². The fourth-order valence-electron chi connectivity index (χ4n) is 1.45. The summed E-state index contributed by atoms with van der Waals surface area (Å²) in [5.41, 5.74) is 0. The van der Waals surface area contributed by atoms with Crippen LogP contribution in [-0.2, 0) is 29.2 Å². The Kier molecular flexibility index (Phi) is 9.64. The molecule has 122 valence electrons. The number of hydrogen-bond acceptors (Lipinski definition) is 6. The Morgan fingerprint density at radius 2 is 1.95 bits per heavy atom. The second kappa shape index (κ2) is 10.3. The van der Waals surface area contributed by atoms with Gasteiger partial charge in [0.1, 0.15) is 19.0 Å². The number of allylic oxidation sites excluding steroid dienone is 1. The fraction of sp³-hybridized carbons (Fsp3) is 0.692. The van der Waals surface area contributed by atoms with Gasteiger partial charge in [0.25, 0.3) is 10.1 Å². The van der Waals surface area contributed by atoms with Gasteiger partial charge in [-0.05, 0) is 13.3 Å². The third kappa shape index (κ3) is 11.0. The van der Waals surface area contributed by atoms with Crippen LogP contribution < -0.4 is 0 Å². The van der Waals surface area contributed by atoms with Crippen LogP contribution in [0.25, 0.3) is 0 Å². The quantitative estimate of drug-likeness (QED) is 0.367. The highest BCUT2D eigenvalue weighted by Gasteiger charge is 2.21. The molecule has 0 fully saturated rings. The maximum atomic E-state index is 11.8. The van der Waals surface area contributed by atoms with Crippen LogP contribution in [0, 0.1) is 5.92 Å². The van der Waals surface area contributed by atoms with E-state index < -0.39 is 40.3 Å². The van der Waals surface area contributed by atoms with Crippen molar-refractivity contribution < 1.29 is 32.0 Å². The average molecular weight is 322 g/mol. The number of ether oxygens (including phenoxy) is 2. The molecule has 1 N–H and O–H groups in total. The van der Waals surface area contributed by atoms with E-state index in [9.17, 15) is 18.0 Å². The lowest BCUT2D eigenvalue weighted by molar-refractivity contribution is -0.153. The van der Waals surface area contributed by atoms with Gasteiger partial charge in [-0.3, -0.25) is 9.35 Å². The SMILES string of the molecule is CC=CC(=O)OCC(CCCC)C(=O)OCCS(=O)(=O)O. The van der Waals surface area contributed by atoms with E-state index in [1.807, 2.05) is 6.92 Å². The molecule has 0 saturated heterocycles. The Balaban J connectivity index is 4.37. The summed E-state index contributed by atoms with van der Waals surface area (Å²) in [6, 6.07) is 0. The molecule has 0 aromatic heterocycles. The van der Waals surface area contributed by atoms with Crippen LogP contribution in [0.4, 0.5) is 0 Å². The van der Waals surface area contributed by atoms with E-state index in [4.69, 9.17) is 14.0 Å². The molecular weight excluding hydrogens is 300 g/mol. The fourth-order valence-corrected chi connectivity index (χ4v) is 1.75. The molecule has 0 aliphatic carbocycles. The lowest BCUT2D eigenvalue weighted by atomic mass is 10.0. The zero-order valence-corrected chi connectivity index (χ0v) is 13.1. The lowest BCUT2D eigenvalue weighted by Crippen LogP contribution is -2.26. The molecule has 0 amide bonds. The van der Waals surface area contributed by atoms with Crippen molar-refractivity contribution >= 4 is 22.1 Å². The first-order valence-electron chi connectivity index (χ1n) is 6.71. The third-order valence-electron chi connectivity index (χ3n) is 2.55. The maximum Gasteiger partial charge on any atom is 0.330 e. The molecule has 0 aromatic rings. The van der Waals surface area contributed by atoms with Crippen molar-refractivity contribution in [1.29, 1.82) is 0 Å². The van der Waals surface area contributed by atoms with Crippen LogP contribution in [0.15, 0.2) is 12.2 Å². The van der Waals surface area contributed by atoms with Crippen molar-refractivity contribution in [3.05, 3.63) is 12.2 Å². The Morgan fingerprint density at radius 1 is 1.29 bits per heavy atom. The standard InChI is InChI=1S/C13H22O7S/c1-3-5-7-11(10-20-12(14)6-4-2)13(15)19-8-9-21(16,17)18/h4,6,11H,3,5,7-10H2,1-2H3,(H,16,17,18). The average Bonchev–Trinajstić information content (AvgIpc) is 2.37. The molecule has 1 unspecified atom stereocenters. The van der Waals surface area contributed by atoms with Gasteiger partial charge in [0, 0.05) is 6.08 Å². The Hall–Kier alpha value is -1.41. The number of hydrogen-bond donors (Lipinski definition) is 1. The van der Waals surface area contributed by atoms with Crippen LogP contribution in [0.2, 0.25) is 0 Å². The summed E-state index contributed by atoms with van der Waals surface area (Å²) >= 11 is 0. The molecule has 0 spiro atoms. The van der Waals surface area contributed by atoms with E-state index >= 15 is 0 Å². The topological polar surface area (TPSA) is 107 Å². The first-order valence-corrected chi connectivity index (χ1v) is 8.32. The summed E-state index contributed by atoms with van der Waals surface area (Å²) < 4.78 is 39.3. The first-order chi connectivity index (χ1) is 9.80. The summed E-state index contributed by atoms with van der Waals surface area (Å²) in [6.07, 6.45) is 4.84. The van der Waals surface area contributed by atoms with Gasteiger partial charge in [-0.15, -0.1) is 0 Å². The summed E-state index contributed by atoms with van der Waals surface area (Å²) in [7, 11) is -4.17. The van der Waals surface area contributed by atoms with Crippen molar-refractivity contribution in [1.82, 2.24) is 0 Å². The molecule has 0 bridgehead atoms. The van der Waals surface area contributed by atoms with Crippen LogP contribution >= 0.6 is 0 Å². The summed E-state index contributed by atoms with van der Waals surface area (Å²) in [5, 5.41) is 0. The molecule has 0 aliphatic rings. The zero-order valence-electron chi connectivity index (χ0n) is 12.3. The van der Waals surface area contributed by atoms with Gasteiger partial charge in [-0.2, -0.15) is 8.42 Å². The molecule has 0 saturated carbocycles. The summed E-state index contributed by atoms with van der Waals surface area (Å²) in [4.78, 5) is 23.0. The number of carbonyl (C=O) groups is 2. The normalized spacial score (nSPS) is 13.1. The smallest absolute Gasteiger partial charge is 0.330 e. The number of unbranched alkanes of at least 4 members (excludes halogenated alkanes) is 1. The van der Waals surface area contributed by atoms with Crippen molar-refractivity contribution in [2.24, 2.45) is 5.92 Å². The van der Waals surface area contributed by atoms with E-state index in [2.05, 4.69) is 0 Å². The van der Waals surface area contributed by atoms with Crippen molar-refractivity contribution in [2.75, 3.05) is 19.0 Å². The Bertz CT molecular complexity index is 453. The maximum absolute atomic E-state index is 11.8. The largest absolute Gasteiger partial charge is 0.464 e. The lowest BCUT2D eigenvalue weighted by Gasteiger charge is -2.15. The molecule has 1 atom stereocenters. The second-order valence-corrected chi connectivity index (χ2v) is 5.99. The molecule has 0 heterocycles.